The summed E-state index contributed by atoms with van der Waals surface area (Å²) in [6.07, 6.45) is 0.479. The van der Waals surface area contributed by atoms with Gasteiger partial charge in [0.2, 0.25) is 0 Å². The summed E-state index contributed by atoms with van der Waals surface area (Å²) in [5.41, 5.74) is 3.07. The molecule has 1 aliphatic rings. The third-order valence-corrected chi connectivity index (χ3v) is 4.07. The maximum absolute atomic E-state index is 15.2. The largest absolute Gasteiger partial charge is 0.493 e. The van der Waals surface area contributed by atoms with Crippen molar-refractivity contribution in [2.24, 2.45) is 10.2 Å². The third-order valence-electron chi connectivity index (χ3n) is 3.81. The average Bonchev–Trinajstić information content (AvgIpc) is 2.74. The predicted molar refractivity (Wildman–Crippen MR) is 93.4 cm³/mol. The molecule has 0 saturated carbocycles. The standard InChI is InChI=1S/C18H16ClFN2O2/c1-10-8-12-9-14(23-2)18(24-3)16(20)15(12)17(22-21-10)11-4-6-13(19)7-5-11/h4-7,9H,8H2,1-3H3. The van der Waals surface area contributed by atoms with Gasteiger partial charge in [-0.1, -0.05) is 23.7 Å². The molecular weight excluding hydrogens is 331 g/mol. The highest BCUT2D eigenvalue weighted by atomic mass is 35.5. The van der Waals surface area contributed by atoms with Gasteiger partial charge in [-0.15, -0.1) is 5.10 Å². The van der Waals surface area contributed by atoms with Crippen molar-refractivity contribution in [3.8, 4) is 11.5 Å². The minimum Gasteiger partial charge on any atom is -0.493 e. The minimum atomic E-state index is -0.509. The first-order valence-corrected chi connectivity index (χ1v) is 7.73. The van der Waals surface area contributed by atoms with Crippen LogP contribution in [0.15, 0.2) is 40.5 Å². The number of ether oxygens (including phenoxy) is 2. The lowest BCUT2D eigenvalue weighted by Gasteiger charge is -2.16. The molecule has 0 fully saturated rings. The molecule has 0 amide bonds. The molecule has 0 aliphatic carbocycles. The van der Waals surface area contributed by atoms with E-state index in [1.54, 1.807) is 30.3 Å². The second-order valence-corrected chi connectivity index (χ2v) is 5.86. The molecule has 1 heterocycles. The maximum atomic E-state index is 15.2. The molecule has 0 N–H and O–H groups in total. The van der Waals surface area contributed by atoms with Crippen LogP contribution in [0.25, 0.3) is 0 Å². The van der Waals surface area contributed by atoms with Crippen molar-refractivity contribution in [1.82, 2.24) is 0 Å². The summed E-state index contributed by atoms with van der Waals surface area (Å²) < 4.78 is 25.6. The van der Waals surface area contributed by atoms with E-state index in [4.69, 9.17) is 21.1 Å². The number of nitrogens with zero attached hydrogens (tertiary/aromatic N) is 2. The highest BCUT2D eigenvalue weighted by molar-refractivity contribution is 6.30. The van der Waals surface area contributed by atoms with Gasteiger partial charge < -0.3 is 9.47 Å². The van der Waals surface area contributed by atoms with Gasteiger partial charge in [0.15, 0.2) is 17.3 Å². The van der Waals surface area contributed by atoms with Crippen LogP contribution in [0.1, 0.15) is 23.6 Å². The fraction of sp³-hybridized carbons (Fsp3) is 0.222. The van der Waals surface area contributed by atoms with Gasteiger partial charge in [0, 0.05) is 28.3 Å². The SMILES string of the molecule is COc1cc2c(c(F)c1OC)C(c1ccc(Cl)cc1)=NN=C(C)C2. The number of hydrogen-bond acceptors (Lipinski definition) is 4. The van der Waals surface area contributed by atoms with Crippen molar-refractivity contribution in [2.75, 3.05) is 14.2 Å². The van der Waals surface area contributed by atoms with Crippen LogP contribution in [0.5, 0.6) is 11.5 Å². The molecule has 0 unspecified atom stereocenters. The summed E-state index contributed by atoms with van der Waals surface area (Å²) in [5.74, 6) is -0.109. The van der Waals surface area contributed by atoms with Gasteiger partial charge >= 0.3 is 0 Å². The molecule has 3 rings (SSSR count). The minimum absolute atomic E-state index is 0.0532. The molecule has 2 aromatic rings. The number of methoxy groups -OCH3 is 2. The van der Waals surface area contributed by atoms with E-state index in [2.05, 4.69) is 10.2 Å². The van der Waals surface area contributed by atoms with Gasteiger partial charge in [-0.2, -0.15) is 5.10 Å². The zero-order valence-electron chi connectivity index (χ0n) is 13.6. The van der Waals surface area contributed by atoms with Crippen molar-refractivity contribution in [2.45, 2.75) is 13.3 Å². The lowest BCUT2D eigenvalue weighted by molar-refractivity contribution is 0.337. The number of hydrogen-bond donors (Lipinski definition) is 0. The van der Waals surface area contributed by atoms with Gasteiger partial charge in [0.1, 0.15) is 5.71 Å². The molecule has 4 nitrogen and oxygen atoms in total. The molecule has 2 aromatic carbocycles. The van der Waals surface area contributed by atoms with E-state index in [1.807, 2.05) is 6.92 Å². The first-order valence-electron chi connectivity index (χ1n) is 7.36. The van der Waals surface area contributed by atoms with Crippen LogP contribution in [0.4, 0.5) is 4.39 Å². The Balaban J connectivity index is 2.28. The Kier molecular flexibility index (Phi) is 4.53. The van der Waals surface area contributed by atoms with Gasteiger partial charge in [-0.25, -0.2) is 4.39 Å². The fourth-order valence-corrected chi connectivity index (χ4v) is 2.83. The van der Waals surface area contributed by atoms with Crippen LogP contribution in [-0.4, -0.2) is 25.6 Å². The van der Waals surface area contributed by atoms with E-state index in [-0.39, 0.29) is 5.75 Å². The molecule has 0 spiro atoms. The summed E-state index contributed by atoms with van der Waals surface area (Å²) in [6, 6.07) is 8.82. The summed E-state index contributed by atoms with van der Waals surface area (Å²) in [6.45, 7) is 1.85. The van der Waals surface area contributed by atoms with Crippen molar-refractivity contribution < 1.29 is 13.9 Å². The quantitative estimate of drug-likeness (QED) is 0.833. The number of halogens is 2. The van der Waals surface area contributed by atoms with Gasteiger partial charge in [0.25, 0.3) is 0 Å². The highest BCUT2D eigenvalue weighted by Gasteiger charge is 2.26. The van der Waals surface area contributed by atoms with E-state index in [9.17, 15) is 0 Å². The Bertz CT molecular complexity index is 845. The molecule has 24 heavy (non-hydrogen) atoms. The zero-order chi connectivity index (χ0) is 17.3. The molecular formula is C18H16ClFN2O2. The second kappa shape index (κ2) is 6.61. The fourth-order valence-electron chi connectivity index (χ4n) is 2.70. The summed E-state index contributed by atoms with van der Waals surface area (Å²) in [7, 11) is 2.89. The van der Waals surface area contributed by atoms with Crippen LogP contribution in [0, 0.1) is 5.82 Å². The molecule has 0 saturated heterocycles. The Morgan fingerprint density at radius 1 is 1.08 bits per heavy atom. The zero-order valence-corrected chi connectivity index (χ0v) is 14.3. The van der Waals surface area contributed by atoms with E-state index in [0.717, 1.165) is 16.8 Å². The van der Waals surface area contributed by atoms with Crippen LogP contribution < -0.4 is 9.47 Å². The lowest BCUT2D eigenvalue weighted by Crippen LogP contribution is -2.11. The van der Waals surface area contributed by atoms with Crippen LogP contribution >= 0.6 is 11.6 Å². The normalized spacial score (nSPS) is 13.5. The van der Waals surface area contributed by atoms with Crippen molar-refractivity contribution in [3.63, 3.8) is 0 Å². The maximum Gasteiger partial charge on any atom is 0.197 e. The first kappa shape index (κ1) is 16.5. The molecule has 6 heteroatoms. The van der Waals surface area contributed by atoms with Crippen molar-refractivity contribution in [3.05, 3.63) is 57.9 Å². The third kappa shape index (κ3) is 2.87. The van der Waals surface area contributed by atoms with Gasteiger partial charge in [-0.3, -0.25) is 0 Å². The van der Waals surface area contributed by atoms with Crippen LogP contribution in [0.2, 0.25) is 5.02 Å². The highest BCUT2D eigenvalue weighted by Crippen LogP contribution is 2.37. The molecule has 0 radical (unpaired) electrons. The molecule has 1 aliphatic heterocycles. The first-order chi connectivity index (χ1) is 11.5. The monoisotopic (exact) mass is 346 g/mol. The predicted octanol–water partition coefficient (Wildman–Crippen LogP) is 4.27. The van der Waals surface area contributed by atoms with E-state index in [0.29, 0.717) is 28.5 Å². The summed E-state index contributed by atoms with van der Waals surface area (Å²) in [5, 5.41) is 9.05. The van der Waals surface area contributed by atoms with Crippen LogP contribution in [0.3, 0.4) is 0 Å². The topological polar surface area (TPSA) is 43.2 Å². The van der Waals surface area contributed by atoms with Gasteiger partial charge in [-0.05, 0) is 30.7 Å². The van der Waals surface area contributed by atoms with E-state index < -0.39 is 5.82 Å². The Morgan fingerprint density at radius 2 is 1.79 bits per heavy atom. The average molecular weight is 347 g/mol. The molecule has 0 bridgehead atoms. The summed E-state index contributed by atoms with van der Waals surface area (Å²) in [4.78, 5) is 0. The second-order valence-electron chi connectivity index (χ2n) is 5.43. The van der Waals surface area contributed by atoms with E-state index in [1.165, 1.54) is 14.2 Å². The van der Waals surface area contributed by atoms with E-state index >= 15 is 4.39 Å². The molecule has 124 valence electrons. The molecule has 0 atom stereocenters. The lowest BCUT2D eigenvalue weighted by atomic mass is 9.93. The number of rotatable bonds is 3. The molecule has 0 aromatic heterocycles. The summed E-state index contributed by atoms with van der Waals surface area (Å²) >= 11 is 5.95. The number of fused-ring (bicyclic) bond motifs is 1. The smallest absolute Gasteiger partial charge is 0.197 e. The van der Waals surface area contributed by atoms with Gasteiger partial charge in [0.05, 0.1) is 14.2 Å². The van der Waals surface area contributed by atoms with Crippen LogP contribution in [-0.2, 0) is 6.42 Å². The Morgan fingerprint density at radius 3 is 2.42 bits per heavy atom. The van der Waals surface area contributed by atoms with Crippen molar-refractivity contribution in [1.29, 1.82) is 0 Å². The Labute approximate surface area is 144 Å². The Hall–Kier alpha value is -2.40. The number of benzene rings is 2. The van der Waals surface area contributed by atoms with Crippen molar-refractivity contribution >= 4 is 23.0 Å².